The molecule has 164 valence electrons. The number of amides is 6. The van der Waals surface area contributed by atoms with E-state index in [-0.39, 0.29) is 0 Å². The van der Waals surface area contributed by atoms with Gasteiger partial charge in [0.25, 0.3) is 5.91 Å². The molecule has 0 bridgehead atoms. The van der Waals surface area contributed by atoms with E-state index in [0.717, 1.165) is 16.0 Å². The maximum Gasteiger partial charge on any atom is 0.325 e. The van der Waals surface area contributed by atoms with Crippen molar-refractivity contribution in [2.45, 2.75) is 18.4 Å². The van der Waals surface area contributed by atoms with E-state index in [4.69, 9.17) is 9.47 Å². The first-order valence-electron chi connectivity index (χ1n) is 10.2. The fourth-order valence-electron chi connectivity index (χ4n) is 4.33. The number of carbonyl (C=O) groups excluding carboxylic acids is 4. The van der Waals surface area contributed by atoms with Crippen molar-refractivity contribution in [3.63, 3.8) is 0 Å². The molecular formula is C22H20N4O6. The second-order valence-electron chi connectivity index (χ2n) is 7.74. The molecule has 2 aromatic carbocycles. The highest BCUT2D eigenvalue weighted by atomic mass is 16.6. The molecule has 1 fully saturated rings. The number of carbonyl (C=O) groups is 4. The zero-order valence-corrected chi connectivity index (χ0v) is 17.0. The van der Waals surface area contributed by atoms with Crippen LogP contribution in [0.4, 0.5) is 15.3 Å². The molecule has 1 aliphatic carbocycles. The third-order valence-corrected chi connectivity index (χ3v) is 5.78. The summed E-state index contributed by atoms with van der Waals surface area (Å²) in [6.07, 6.45) is 1.08. The van der Waals surface area contributed by atoms with Gasteiger partial charge in [0.05, 0.1) is 0 Å². The second kappa shape index (κ2) is 7.56. The lowest BCUT2D eigenvalue weighted by molar-refractivity contribution is -0.135. The number of ether oxygens (including phenoxy) is 2. The summed E-state index contributed by atoms with van der Waals surface area (Å²) in [5, 5.41) is 7.41. The van der Waals surface area contributed by atoms with Crippen LogP contribution in [0.3, 0.4) is 0 Å². The highest BCUT2D eigenvalue weighted by molar-refractivity contribution is 6.11. The largest absolute Gasteiger partial charge is 0.486 e. The van der Waals surface area contributed by atoms with Crippen LogP contribution in [0, 0.1) is 0 Å². The molecule has 1 atom stereocenters. The standard InChI is InChI=1S/C22H20N4O6/c27-18(24-20(29)23-14-5-6-16-17(11-14)32-10-9-31-16)12-26-19(28)22(25-21(26)30)8-7-13-3-1-2-4-15(13)22/h1-6,11H,7-10,12H2,(H,25,30)(H2,23,24,27,29). The van der Waals surface area contributed by atoms with Crippen molar-refractivity contribution in [2.24, 2.45) is 0 Å². The fourth-order valence-corrected chi connectivity index (χ4v) is 4.33. The van der Waals surface area contributed by atoms with Gasteiger partial charge in [-0.1, -0.05) is 24.3 Å². The quantitative estimate of drug-likeness (QED) is 0.626. The Morgan fingerprint density at radius 2 is 1.84 bits per heavy atom. The third-order valence-electron chi connectivity index (χ3n) is 5.78. The first-order chi connectivity index (χ1) is 15.5. The summed E-state index contributed by atoms with van der Waals surface area (Å²) in [5.41, 5.74) is 0.987. The SMILES string of the molecule is O=C(CN1C(=O)NC2(CCc3ccccc32)C1=O)NC(=O)Nc1ccc2c(c1)OCCO2. The molecule has 0 aromatic heterocycles. The first kappa shape index (κ1) is 19.9. The number of urea groups is 2. The van der Waals surface area contributed by atoms with Crippen LogP contribution in [0.2, 0.25) is 0 Å². The topological polar surface area (TPSA) is 126 Å². The minimum absolute atomic E-state index is 0.399. The van der Waals surface area contributed by atoms with Crippen molar-refractivity contribution in [3.8, 4) is 11.5 Å². The van der Waals surface area contributed by atoms with Crippen molar-refractivity contribution in [2.75, 3.05) is 25.1 Å². The lowest BCUT2D eigenvalue weighted by atomic mass is 9.92. The summed E-state index contributed by atoms with van der Waals surface area (Å²) in [7, 11) is 0. The molecule has 2 aromatic rings. The van der Waals surface area contributed by atoms with Crippen LogP contribution in [0.15, 0.2) is 42.5 Å². The van der Waals surface area contributed by atoms with E-state index >= 15 is 0 Å². The molecule has 10 heteroatoms. The second-order valence-corrected chi connectivity index (χ2v) is 7.74. The highest BCUT2D eigenvalue weighted by Gasteiger charge is 2.55. The van der Waals surface area contributed by atoms with Crippen LogP contribution in [0.25, 0.3) is 0 Å². The zero-order valence-electron chi connectivity index (χ0n) is 17.0. The molecule has 1 spiro atoms. The number of nitrogens with one attached hydrogen (secondary N) is 3. The summed E-state index contributed by atoms with van der Waals surface area (Å²) in [6.45, 7) is 0.284. The number of hydrogen-bond donors (Lipinski definition) is 3. The van der Waals surface area contributed by atoms with E-state index in [2.05, 4.69) is 16.0 Å². The van der Waals surface area contributed by atoms with Gasteiger partial charge >= 0.3 is 12.1 Å². The van der Waals surface area contributed by atoms with Gasteiger partial charge in [0.2, 0.25) is 5.91 Å². The third kappa shape index (κ3) is 3.29. The van der Waals surface area contributed by atoms with Gasteiger partial charge in [0.15, 0.2) is 11.5 Å². The van der Waals surface area contributed by atoms with Gasteiger partial charge in [-0.15, -0.1) is 0 Å². The minimum atomic E-state index is -1.15. The van der Waals surface area contributed by atoms with Gasteiger partial charge in [-0.05, 0) is 36.1 Å². The van der Waals surface area contributed by atoms with E-state index < -0.39 is 36.0 Å². The van der Waals surface area contributed by atoms with Crippen molar-refractivity contribution in [1.29, 1.82) is 0 Å². The van der Waals surface area contributed by atoms with Crippen molar-refractivity contribution < 1.29 is 28.7 Å². The zero-order chi connectivity index (χ0) is 22.3. The molecular weight excluding hydrogens is 416 g/mol. The van der Waals surface area contributed by atoms with Gasteiger partial charge in [-0.3, -0.25) is 19.8 Å². The summed E-state index contributed by atoms with van der Waals surface area (Å²) in [6, 6.07) is 10.8. The molecule has 3 aliphatic rings. The number of benzene rings is 2. The number of hydrogen-bond acceptors (Lipinski definition) is 6. The van der Waals surface area contributed by atoms with E-state index in [9.17, 15) is 19.2 Å². The number of fused-ring (bicyclic) bond motifs is 3. The van der Waals surface area contributed by atoms with Crippen LogP contribution in [0.5, 0.6) is 11.5 Å². The minimum Gasteiger partial charge on any atom is -0.486 e. The van der Waals surface area contributed by atoms with Crippen LogP contribution in [-0.2, 0) is 21.5 Å². The number of nitrogens with zero attached hydrogens (tertiary/aromatic N) is 1. The van der Waals surface area contributed by atoms with Crippen molar-refractivity contribution in [3.05, 3.63) is 53.6 Å². The van der Waals surface area contributed by atoms with E-state index in [1.165, 1.54) is 0 Å². The lowest BCUT2D eigenvalue weighted by Gasteiger charge is -2.22. The molecule has 0 saturated carbocycles. The Morgan fingerprint density at radius 3 is 2.69 bits per heavy atom. The van der Waals surface area contributed by atoms with Gasteiger partial charge in [-0.25, -0.2) is 9.59 Å². The highest BCUT2D eigenvalue weighted by Crippen LogP contribution is 2.41. The summed E-state index contributed by atoms with van der Waals surface area (Å²) >= 11 is 0. The Balaban J connectivity index is 1.22. The number of aryl methyl sites for hydroxylation is 1. The van der Waals surface area contributed by atoms with E-state index in [1.807, 2.05) is 24.3 Å². The molecule has 3 N–H and O–H groups in total. The van der Waals surface area contributed by atoms with Gasteiger partial charge in [-0.2, -0.15) is 0 Å². The van der Waals surface area contributed by atoms with Gasteiger partial charge in [0, 0.05) is 11.8 Å². The molecule has 0 radical (unpaired) electrons. The summed E-state index contributed by atoms with van der Waals surface area (Å²) < 4.78 is 10.9. The van der Waals surface area contributed by atoms with Crippen LogP contribution < -0.4 is 25.4 Å². The molecule has 1 saturated heterocycles. The van der Waals surface area contributed by atoms with Crippen LogP contribution >= 0.6 is 0 Å². The van der Waals surface area contributed by atoms with Crippen molar-refractivity contribution >= 4 is 29.6 Å². The summed E-state index contributed by atoms with van der Waals surface area (Å²) in [4.78, 5) is 51.0. The molecule has 5 rings (SSSR count). The van der Waals surface area contributed by atoms with E-state index in [0.29, 0.717) is 43.2 Å². The van der Waals surface area contributed by atoms with Crippen LogP contribution in [-0.4, -0.2) is 48.5 Å². The average molecular weight is 436 g/mol. The smallest absolute Gasteiger partial charge is 0.325 e. The number of imide groups is 2. The van der Waals surface area contributed by atoms with E-state index in [1.54, 1.807) is 18.2 Å². The molecule has 10 nitrogen and oxygen atoms in total. The van der Waals surface area contributed by atoms with Crippen molar-refractivity contribution in [1.82, 2.24) is 15.5 Å². The maximum atomic E-state index is 13.1. The number of rotatable bonds is 3. The Morgan fingerprint density at radius 1 is 1.06 bits per heavy atom. The Bertz CT molecular complexity index is 1150. The lowest BCUT2D eigenvalue weighted by Crippen LogP contribution is -2.45. The molecule has 1 unspecified atom stereocenters. The predicted octanol–water partition coefficient (Wildman–Crippen LogP) is 1.50. The average Bonchev–Trinajstić information content (AvgIpc) is 3.27. The maximum absolute atomic E-state index is 13.1. The monoisotopic (exact) mass is 436 g/mol. The predicted molar refractivity (Wildman–Crippen MR) is 111 cm³/mol. The normalized spacial score (nSPS) is 20.7. The van der Waals surface area contributed by atoms with Gasteiger partial charge in [0.1, 0.15) is 25.3 Å². The Labute approximate surface area is 182 Å². The Hall–Kier alpha value is -4.08. The molecule has 6 amide bonds. The molecule has 2 aliphatic heterocycles. The fraction of sp³-hybridized carbons (Fsp3) is 0.273. The van der Waals surface area contributed by atoms with Crippen LogP contribution in [0.1, 0.15) is 17.5 Å². The van der Waals surface area contributed by atoms with Gasteiger partial charge < -0.3 is 20.1 Å². The molecule has 2 heterocycles. The number of anilines is 1. The summed E-state index contributed by atoms with van der Waals surface area (Å²) in [5.74, 6) is -0.220. The first-order valence-corrected chi connectivity index (χ1v) is 10.2. The Kier molecular flexibility index (Phi) is 4.69. The molecule has 32 heavy (non-hydrogen) atoms.